The van der Waals surface area contributed by atoms with E-state index in [1.165, 1.54) is 263 Å². The second-order valence-electron chi connectivity index (χ2n) is 21.4. The lowest BCUT2D eigenvalue weighted by Gasteiger charge is -2.22. The first-order valence-electron chi connectivity index (χ1n) is 31.1. The zero-order valence-corrected chi connectivity index (χ0v) is 46.6. The van der Waals surface area contributed by atoms with Gasteiger partial charge in [0.15, 0.2) is 0 Å². The van der Waals surface area contributed by atoms with Crippen molar-refractivity contribution >= 4 is 11.9 Å². The van der Waals surface area contributed by atoms with Crippen LogP contribution in [-0.2, 0) is 14.3 Å². The van der Waals surface area contributed by atoms with Crippen molar-refractivity contribution in [3.63, 3.8) is 0 Å². The maximum atomic E-state index is 12.5. The summed E-state index contributed by atoms with van der Waals surface area (Å²) in [5.74, 6) is -0.0342. The van der Waals surface area contributed by atoms with Gasteiger partial charge < -0.3 is 20.3 Å². The summed E-state index contributed by atoms with van der Waals surface area (Å²) in [5, 5.41) is 23.2. The number of hydrogen-bond donors (Lipinski definition) is 3. The first kappa shape index (κ1) is 67.3. The predicted octanol–water partition coefficient (Wildman–Crippen LogP) is 19.4. The summed E-state index contributed by atoms with van der Waals surface area (Å²) >= 11 is 0. The van der Waals surface area contributed by atoms with Crippen LogP contribution in [0.25, 0.3) is 0 Å². The Balaban J connectivity index is 3.39. The first-order chi connectivity index (χ1) is 34.0. The normalized spacial score (nSPS) is 12.7. The highest BCUT2D eigenvalue weighted by Crippen LogP contribution is 2.17. The molecule has 0 bridgehead atoms. The molecule has 69 heavy (non-hydrogen) atoms. The maximum absolute atomic E-state index is 12.5. The Morgan fingerprint density at radius 1 is 0.391 bits per heavy atom. The van der Waals surface area contributed by atoms with E-state index in [0.717, 1.165) is 44.9 Å². The van der Waals surface area contributed by atoms with Crippen molar-refractivity contribution in [2.24, 2.45) is 0 Å². The number of amides is 1. The maximum Gasteiger partial charge on any atom is 0.305 e. The van der Waals surface area contributed by atoms with Gasteiger partial charge in [-0.15, -0.1) is 0 Å². The summed E-state index contributed by atoms with van der Waals surface area (Å²) in [6.07, 6.45) is 71.9. The minimum atomic E-state index is -0.668. The molecule has 0 saturated heterocycles. The fourth-order valence-electron chi connectivity index (χ4n) is 9.69. The molecule has 3 N–H and O–H groups in total. The molecule has 0 rings (SSSR count). The van der Waals surface area contributed by atoms with Gasteiger partial charge in [0.1, 0.15) is 0 Å². The molecule has 6 heteroatoms. The van der Waals surface area contributed by atoms with Gasteiger partial charge in [-0.05, 0) is 77.0 Å². The van der Waals surface area contributed by atoms with E-state index in [4.69, 9.17) is 4.74 Å². The summed E-state index contributed by atoms with van der Waals surface area (Å²) in [7, 11) is 0. The Kier molecular flexibility index (Phi) is 57.5. The predicted molar refractivity (Wildman–Crippen MR) is 301 cm³/mol. The van der Waals surface area contributed by atoms with Crippen molar-refractivity contribution in [1.82, 2.24) is 5.32 Å². The number of hydrogen-bond acceptors (Lipinski definition) is 5. The average Bonchev–Trinajstić information content (AvgIpc) is 3.35. The van der Waals surface area contributed by atoms with Gasteiger partial charge in [0.05, 0.1) is 25.4 Å². The molecule has 2 atom stereocenters. The highest BCUT2D eigenvalue weighted by Gasteiger charge is 2.20. The van der Waals surface area contributed by atoms with Gasteiger partial charge >= 0.3 is 5.97 Å². The molecule has 2 unspecified atom stereocenters. The van der Waals surface area contributed by atoms with E-state index < -0.39 is 12.1 Å². The monoisotopic (exact) mass is 972 g/mol. The van der Waals surface area contributed by atoms with Crippen molar-refractivity contribution < 1.29 is 24.5 Å². The quantitative estimate of drug-likeness (QED) is 0.0321. The highest BCUT2D eigenvalue weighted by atomic mass is 16.5. The van der Waals surface area contributed by atoms with Crippen LogP contribution in [0.3, 0.4) is 0 Å². The van der Waals surface area contributed by atoms with E-state index >= 15 is 0 Å². The molecule has 408 valence electrons. The zero-order valence-electron chi connectivity index (χ0n) is 46.6. The SMILES string of the molecule is CCCCCCCC/C=C\CCCCCCCCCCCC(=O)OCCCCCCCCCCCC/C=C\CCCCCCCCCC(=O)NC(CO)C(O)CCCCCCCCCCCCCC. The third-order valence-corrected chi connectivity index (χ3v) is 14.5. The molecule has 0 radical (unpaired) electrons. The molecule has 0 aliphatic heterocycles. The van der Waals surface area contributed by atoms with Crippen LogP contribution >= 0.6 is 0 Å². The van der Waals surface area contributed by atoms with Gasteiger partial charge in [0.2, 0.25) is 5.91 Å². The van der Waals surface area contributed by atoms with Crippen LogP contribution in [0.15, 0.2) is 24.3 Å². The number of ether oxygens (including phenoxy) is 1. The van der Waals surface area contributed by atoms with Gasteiger partial charge in [0, 0.05) is 12.8 Å². The summed E-state index contributed by atoms with van der Waals surface area (Å²) < 4.78 is 5.50. The fourth-order valence-corrected chi connectivity index (χ4v) is 9.69. The van der Waals surface area contributed by atoms with E-state index in [0.29, 0.717) is 25.9 Å². The van der Waals surface area contributed by atoms with E-state index in [-0.39, 0.29) is 18.5 Å². The van der Waals surface area contributed by atoms with Crippen molar-refractivity contribution in [3.05, 3.63) is 24.3 Å². The number of allylic oxidation sites excluding steroid dienone is 4. The van der Waals surface area contributed by atoms with E-state index in [2.05, 4.69) is 43.5 Å². The van der Waals surface area contributed by atoms with Crippen LogP contribution in [0.4, 0.5) is 0 Å². The molecule has 0 aliphatic carbocycles. The number of carbonyl (C=O) groups excluding carboxylic acids is 2. The lowest BCUT2D eigenvalue weighted by Crippen LogP contribution is -2.45. The number of unbranched alkanes of at least 4 members (excludes halogenated alkanes) is 43. The molecule has 6 nitrogen and oxygen atoms in total. The van der Waals surface area contributed by atoms with Crippen molar-refractivity contribution in [3.8, 4) is 0 Å². The summed E-state index contributed by atoms with van der Waals surface area (Å²) in [6.45, 7) is 4.95. The largest absolute Gasteiger partial charge is 0.466 e. The molecule has 1 amide bonds. The molecule has 0 heterocycles. The van der Waals surface area contributed by atoms with E-state index in [1.54, 1.807) is 0 Å². The van der Waals surface area contributed by atoms with Crippen LogP contribution < -0.4 is 5.32 Å². The Labute approximate surface area is 431 Å². The molecule has 0 aromatic rings. The minimum absolute atomic E-state index is 0.00813. The number of esters is 1. The standard InChI is InChI=1S/C63H121NO5/c1-3-5-7-9-11-13-15-17-18-19-23-27-30-33-37-41-45-49-53-57-63(68)69-58-54-50-46-42-38-34-31-28-25-22-20-21-24-26-29-32-36-40-44-48-52-56-62(67)64-60(59-65)61(66)55-51-47-43-39-35-16-14-12-10-8-6-4-2/h17-18,21,24,60-61,65-66H,3-16,19-20,22-23,25-59H2,1-2H3,(H,64,67)/b18-17-,24-21-. The van der Waals surface area contributed by atoms with Gasteiger partial charge in [-0.25, -0.2) is 0 Å². The number of nitrogens with one attached hydrogen (secondary N) is 1. The molecular weight excluding hydrogens is 851 g/mol. The van der Waals surface area contributed by atoms with Crippen molar-refractivity contribution in [1.29, 1.82) is 0 Å². The van der Waals surface area contributed by atoms with Crippen molar-refractivity contribution in [2.75, 3.05) is 13.2 Å². The zero-order chi connectivity index (χ0) is 50.0. The van der Waals surface area contributed by atoms with Gasteiger partial charge in [-0.2, -0.15) is 0 Å². The third-order valence-electron chi connectivity index (χ3n) is 14.5. The first-order valence-corrected chi connectivity index (χ1v) is 31.1. The second-order valence-corrected chi connectivity index (χ2v) is 21.4. The Bertz CT molecular complexity index is 1080. The number of aliphatic hydroxyl groups excluding tert-OH is 2. The van der Waals surface area contributed by atoms with Crippen LogP contribution in [0.5, 0.6) is 0 Å². The van der Waals surface area contributed by atoms with Crippen LogP contribution in [-0.4, -0.2) is 47.4 Å². The molecule has 0 saturated carbocycles. The Hall–Kier alpha value is -1.66. The molecule has 0 spiro atoms. The summed E-state index contributed by atoms with van der Waals surface area (Å²) in [5.41, 5.74) is 0. The lowest BCUT2D eigenvalue weighted by atomic mass is 10.0. The van der Waals surface area contributed by atoms with Crippen molar-refractivity contribution in [2.45, 2.75) is 353 Å². The molecule has 0 aliphatic rings. The number of rotatable bonds is 58. The molecular formula is C63H121NO5. The highest BCUT2D eigenvalue weighted by molar-refractivity contribution is 5.76. The van der Waals surface area contributed by atoms with Crippen LogP contribution in [0.2, 0.25) is 0 Å². The number of carbonyl (C=O) groups is 2. The fraction of sp³-hybridized carbons (Fsp3) is 0.905. The van der Waals surface area contributed by atoms with Gasteiger partial charge in [0.25, 0.3) is 0 Å². The van der Waals surface area contributed by atoms with Crippen LogP contribution in [0.1, 0.15) is 341 Å². The topological polar surface area (TPSA) is 95.9 Å². The Morgan fingerprint density at radius 3 is 1.03 bits per heavy atom. The minimum Gasteiger partial charge on any atom is -0.466 e. The summed E-state index contributed by atoms with van der Waals surface area (Å²) in [4.78, 5) is 24.5. The smallest absolute Gasteiger partial charge is 0.305 e. The van der Waals surface area contributed by atoms with Gasteiger partial charge in [-0.1, -0.05) is 276 Å². The van der Waals surface area contributed by atoms with Crippen LogP contribution in [0, 0.1) is 0 Å². The molecule has 0 aromatic carbocycles. The van der Waals surface area contributed by atoms with Gasteiger partial charge in [-0.3, -0.25) is 9.59 Å². The van der Waals surface area contributed by atoms with E-state index in [9.17, 15) is 19.8 Å². The lowest BCUT2D eigenvalue weighted by molar-refractivity contribution is -0.143. The summed E-state index contributed by atoms with van der Waals surface area (Å²) in [6, 6.07) is -0.546. The molecule has 0 aromatic heterocycles. The van der Waals surface area contributed by atoms with E-state index in [1.807, 2.05) is 0 Å². The third kappa shape index (κ3) is 55.5. The molecule has 0 fully saturated rings. The number of aliphatic hydroxyl groups is 2. The second kappa shape index (κ2) is 58.9. The average molecular weight is 973 g/mol. The Morgan fingerprint density at radius 2 is 0.681 bits per heavy atom.